The second-order valence-electron chi connectivity index (χ2n) is 3.09. The first-order valence-electron chi connectivity index (χ1n) is 4.40. The third kappa shape index (κ3) is 2.84. The summed E-state index contributed by atoms with van der Waals surface area (Å²) in [4.78, 5) is 22.3. The van der Waals surface area contributed by atoms with Crippen molar-refractivity contribution in [1.29, 1.82) is 0 Å². The highest BCUT2D eigenvalue weighted by atomic mass is 127. The summed E-state index contributed by atoms with van der Waals surface area (Å²) in [6.45, 7) is 1.39. The van der Waals surface area contributed by atoms with Crippen molar-refractivity contribution in [1.82, 2.24) is 0 Å². The maximum atomic E-state index is 11.4. The highest BCUT2D eigenvalue weighted by Crippen LogP contribution is 2.25. The Morgan fingerprint density at radius 3 is 2.56 bits per heavy atom. The van der Waals surface area contributed by atoms with E-state index in [0.717, 1.165) is 3.57 Å². The molecule has 16 heavy (non-hydrogen) atoms. The van der Waals surface area contributed by atoms with Gasteiger partial charge in [0, 0.05) is 16.2 Å². The minimum absolute atomic E-state index is 0.210. The van der Waals surface area contributed by atoms with E-state index in [0.29, 0.717) is 11.4 Å². The van der Waals surface area contributed by atoms with Gasteiger partial charge in [-0.25, -0.2) is 4.79 Å². The number of halogens is 1. The van der Waals surface area contributed by atoms with E-state index in [-0.39, 0.29) is 11.5 Å². The van der Waals surface area contributed by atoms with E-state index in [1.54, 1.807) is 6.07 Å². The van der Waals surface area contributed by atoms with Crippen molar-refractivity contribution in [2.45, 2.75) is 6.92 Å². The van der Waals surface area contributed by atoms with Crippen molar-refractivity contribution in [2.75, 3.05) is 18.2 Å². The fourth-order valence-electron chi connectivity index (χ4n) is 1.16. The molecule has 1 rings (SSSR count). The Hall–Kier alpha value is -1.31. The molecule has 0 atom stereocenters. The van der Waals surface area contributed by atoms with E-state index < -0.39 is 5.97 Å². The van der Waals surface area contributed by atoms with Gasteiger partial charge < -0.3 is 15.8 Å². The summed E-state index contributed by atoms with van der Waals surface area (Å²) in [5, 5.41) is 2.61. The highest BCUT2D eigenvalue weighted by Gasteiger charge is 2.13. The molecule has 3 N–H and O–H groups in total. The quantitative estimate of drug-likeness (QED) is 0.489. The normalized spacial score (nSPS) is 9.69. The molecule has 1 aromatic carbocycles. The molecular formula is C10H11IN2O3. The second kappa shape index (κ2) is 5.15. The van der Waals surface area contributed by atoms with Gasteiger partial charge in [-0.1, -0.05) is 0 Å². The van der Waals surface area contributed by atoms with Gasteiger partial charge in [-0.2, -0.15) is 0 Å². The number of carbonyl (C=O) groups is 2. The molecule has 0 saturated carbocycles. The Kier molecular flexibility index (Phi) is 4.11. The number of anilines is 2. The maximum Gasteiger partial charge on any atom is 0.340 e. The van der Waals surface area contributed by atoms with Gasteiger partial charge in [0.05, 0.1) is 18.4 Å². The van der Waals surface area contributed by atoms with Crippen LogP contribution in [0.4, 0.5) is 11.4 Å². The number of nitrogen functional groups attached to an aromatic ring is 1. The summed E-state index contributed by atoms with van der Waals surface area (Å²) in [5.41, 5.74) is 6.79. The maximum absolute atomic E-state index is 11.4. The van der Waals surface area contributed by atoms with Gasteiger partial charge in [0.1, 0.15) is 0 Å². The Morgan fingerprint density at radius 2 is 2.06 bits per heavy atom. The Morgan fingerprint density at radius 1 is 1.44 bits per heavy atom. The fourth-order valence-corrected chi connectivity index (χ4v) is 1.79. The smallest absolute Gasteiger partial charge is 0.340 e. The van der Waals surface area contributed by atoms with E-state index in [1.165, 1.54) is 20.1 Å². The summed E-state index contributed by atoms with van der Waals surface area (Å²) < 4.78 is 5.34. The molecule has 0 bridgehead atoms. The number of rotatable bonds is 2. The number of amides is 1. The standard InChI is InChI=1S/C10H11IN2O3/c1-5(14)13-9-3-6(10(15)16-2)8(12)4-7(9)11/h3-4H,12H2,1-2H3,(H,13,14). The molecule has 0 saturated heterocycles. The minimum atomic E-state index is -0.527. The second-order valence-corrected chi connectivity index (χ2v) is 4.25. The van der Waals surface area contributed by atoms with Gasteiger partial charge in [-0.3, -0.25) is 4.79 Å². The van der Waals surface area contributed by atoms with Crippen LogP contribution in [-0.4, -0.2) is 19.0 Å². The topological polar surface area (TPSA) is 81.4 Å². The average Bonchev–Trinajstić information content (AvgIpc) is 2.20. The summed E-state index contributed by atoms with van der Waals surface area (Å²) in [5.74, 6) is -0.737. The molecule has 0 unspecified atom stereocenters. The predicted octanol–water partition coefficient (Wildman–Crippen LogP) is 1.62. The third-order valence-electron chi connectivity index (χ3n) is 1.86. The van der Waals surface area contributed by atoms with Gasteiger partial charge in [0.15, 0.2) is 0 Å². The zero-order chi connectivity index (χ0) is 12.3. The molecule has 0 aliphatic heterocycles. The Labute approximate surface area is 106 Å². The van der Waals surface area contributed by atoms with Crippen LogP contribution in [0.3, 0.4) is 0 Å². The number of esters is 1. The zero-order valence-electron chi connectivity index (χ0n) is 8.83. The molecule has 0 aliphatic rings. The number of benzene rings is 1. The van der Waals surface area contributed by atoms with Crippen molar-refractivity contribution < 1.29 is 14.3 Å². The van der Waals surface area contributed by atoms with Gasteiger partial charge in [-0.05, 0) is 34.7 Å². The lowest BCUT2D eigenvalue weighted by Crippen LogP contribution is -2.11. The van der Waals surface area contributed by atoms with E-state index >= 15 is 0 Å². The van der Waals surface area contributed by atoms with Crippen LogP contribution in [0.25, 0.3) is 0 Å². The van der Waals surface area contributed by atoms with E-state index in [9.17, 15) is 9.59 Å². The van der Waals surface area contributed by atoms with Crippen LogP contribution < -0.4 is 11.1 Å². The lowest BCUT2D eigenvalue weighted by molar-refractivity contribution is -0.114. The number of ether oxygens (including phenoxy) is 1. The molecule has 0 spiro atoms. The molecule has 0 radical (unpaired) electrons. The number of nitrogens with two attached hydrogens (primary N) is 1. The Balaban J connectivity index is 3.21. The largest absolute Gasteiger partial charge is 0.465 e. The average molecular weight is 334 g/mol. The van der Waals surface area contributed by atoms with Crippen LogP contribution in [0, 0.1) is 3.57 Å². The van der Waals surface area contributed by atoms with Crippen LogP contribution in [0.2, 0.25) is 0 Å². The zero-order valence-corrected chi connectivity index (χ0v) is 11.0. The van der Waals surface area contributed by atoms with Crippen molar-refractivity contribution >= 4 is 45.8 Å². The van der Waals surface area contributed by atoms with E-state index in [2.05, 4.69) is 10.1 Å². The van der Waals surface area contributed by atoms with Gasteiger partial charge in [0.25, 0.3) is 0 Å². The van der Waals surface area contributed by atoms with Crippen molar-refractivity contribution in [3.8, 4) is 0 Å². The number of carbonyl (C=O) groups excluding carboxylic acids is 2. The van der Waals surface area contributed by atoms with Gasteiger partial charge in [-0.15, -0.1) is 0 Å². The molecule has 0 aromatic heterocycles. The molecular weight excluding hydrogens is 323 g/mol. The van der Waals surface area contributed by atoms with Crippen molar-refractivity contribution in [3.05, 3.63) is 21.3 Å². The first-order chi connectivity index (χ1) is 7.45. The lowest BCUT2D eigenvalue weighted by Gasteiger charge is -2.09. The number of hydrogen-bond acceptors (Lipinski definition) is 4. The number of hydrogen-bond donors (Lipinski definition) is 2. The molecule has 0 aliphatic carbocycles. The SMILES string of the molecule is COC(=O)c1cc(NC(C)=O)c(I)cc1N. The van der Waals surface area contributed by atoms with E-state index in [1.807, 2.05) is 22.6 Å². The van der Waals surface area contributed by atoms with Crippen LogP contribution in [-0.2, 0) is 9.53 Å². The summed E-state index contributed by atoms with van der Waals surface area (Å²) in [6.07, 6.45) is 0. The molecule has 86 valence electrons. The van der Waals surface area contributed by atoms with Crippen molar-refractivity contribution in [2.24, 2.45) is 0 Å². The lowest BCUT2D eigenvalue weighted by atomic mass is 10.1. The van der Waals surface area contributed by atoms with Gasteiger partial charge >= 0.3 is 5.97 Å². The number of nitrogens with one attached hydrogen (secondary N) is 1. The van der Waals surface area contributed by atoms with Gasteiger partial charge in [0.2, 0.25) is 5.91 Å². The highest BCUT2D eigenvalue weighted by molar-refractivity contribution is 14.1. The molecule has 1 amide bonds. The van der Waals surface area contributed by atoms with Crippen LogP contribution in [0.15, 0.2) is 12.1 Å². The van der Waals surface area contributed by atoms with Crippen molar-refractivity contribution in [3.63, 3.8) is 0 Å². The fraction of sp³-hybridized carbons (Fsp3) is 0.200. The monoisotopic (exact) mass is 334 g/mol. The third-order valence-corrected chi connectivity index (χ3v) is 2.75. The molecule has 6 heteroatoms. The predicted molar refractivity (Wildman–Crippen MR) is 69.2 cm³/mol. The molecule has 0 fully saturated rings. The number of methoxy groups -OCH3 is 1. The molecule has 5 nitrogen and oxygen atoms in total. The molecule has 1 aromatic rings. The molecule has 0 heterocycles. The minimum Gasteiger partial charge on any atom is -0.465 e. The Bertz CT molecular complexity index is 446. The van der Waals surface area contributed by atoms with Crippen LogP contribution in [0.1, 0.15) is 17.3 Å². The van der Waals surface area contributed by atoms with Crippen LogP contribution >= 0.6 is 22.6 Å². The first kappa shape index (κ1) is 12.8. The summed E-state index contributed by atoms with van der Waals surface area (Å²) >= 11 is 2.02. The summed E-state index contributed by atoms with van der Waals surface area (Å²) in [7, 11) is 1.28. The summed E-state index contributed by atoms with van der Waals surface area (Å²) in [6, 6.07) is 3.11. The van der Waals surface area contributed by atoms with E-state index in [4.69, 9.17) is 5.73 Å². The van der Waals surface area contributed by atoms with Crippen LogP contribution in [0.5, 0.6) is 0 Å². The first-order valence-corrected chi connectivity index (χ1v) is 5.48.